The second-order valence-electron chi connectivity index (χ2n) is 13.4. The average molecular weight is 575 g/mol. The molecule has 0 bridgehead atoms. The highest BCUT2D eigenvalue weighted by atomic mass is 14.2. The van der Waals surface area contributed by atoms with Gasteiger partial charge in [-0.3, -0.25) is 0 Å². The molecule has 2 aromatic carbocycles. The van der Waals surface area contributed by atoms with Gasteiger partial charge in [-0.1, -0.05) is 193 Å². The van der Waals surface area contributed by atoms with Crippen molar-refractivity contribution in [2.75, 3.05) is 0 Å². The maximum Gasteiger partial charge on any atom is -0.0120 e. The molecule has 0 radical (unpaired) electrons. The van der Waals surface area contributed by atoms with Crippen LogP contribution < -0.4 is 0 Å². The zero-order chi connectivity index (χ0) is 30.1. The van der Waals surface area contributed by atoms with Gasteiger partial charge in [-0.2, -0.15) is 0 Å². The van der Waals surface area contributed by atoms with Crippen molar-refractivity contribution in [3.63, 3.8) is 0 Å². The van der Waals surface area contributed by atoms with Gasteiger partial charge in [0.25, 0.3) is 0 Å². The molecule has 0 nitrogen and oxygen atoms in total. The Bertz CT molecular complexity index is 840. The highest BCUT2D eigenvalue weighted by molar-refractivity contribution is 5.72. The molecule has 2 aromatic rings. The summed E-state index contributed by atoms with van der Waals surface area (Å²) < 4.78 is 0. The fourth-order valence-corrected chi connectivity index (χ4v) is 6.82. The molecule has 0 heterocycles. The summed E-state index contributed by atoms with van der Waals surface area (Å²) in [6.07, 6.45) is 35.5. The van der Waals surface area contributed by atoms with Gasteiger partial charge in [-0.25, -0.2) is 0 Å². The highest BCUT2D eigenvalue weighted by Crippen LogP contribution is 2.33. The van der Waals surface area contributed by atoms with Crippen LogP contribution in [0.25, 0.3) is 11.1 Å². The first-order valence-corrected chi connectivity index (χ1v) is 19.0. The second-order valence-corrected chi connectivity index (χ2v) is 13.4. The second kappa shape index (κ2) is 24.8. The third-order valence-electron chi connectivity index (χ3n) is 9.25. The summed E-state index contributed by atoms with van der Waals surface area (Å²) in [5.74, 6) is 0. The van der Waals surface area contributed by atoms with Crippen LogP contribution in [-0.4, -0.2) is 0 Å². The monoisotopic (exact) mass is 575 g/mol. The Morgan fingerprint density at radius 3 is 1.07 bits per heavy atom. The van der Waals surface area contributed by atoms with Gasteiger partial charge in [0, 0.05) is 0 Å². The van der Waals surface area contributed by atoms with E-state index in [1.165, 1.54) is 184 Å². The van der Waals surface area contributed by atoms with Crippen molar-refractivity contribution in [3.8, 4) is 11.1 Å². The Labute approximate surface area is 263 Å². The zero-order valence-electron chi connectivity index (χ0n) is 28.8. The predicted molar refractivity (Wildman–Crippen MR) is 191 cm³/mol. The SMILES string of the molecule is CCCCCCCCCCCCc1cccc(CCCCCCCCCCCC)c1-c1cc(CCC)cc(CCC)c1. The summed E-state index contributed by atoms with van der Waals surface area (Å²) in [6, 6.07) is 14.9. The van der Waals surface area contributed by atoms with Crippen LogP contribution in [0.2, 0.25) is 0 Å². The Morgan fingerprint density at radius 2 is 0.714 bits per heavy atom. The minimum Gasteiger partial charge on any atom is -0.0654 e. The molecule has 0 atom stereocenters. The van der Waals surface area contributed by atoms with Crippen molar-refractivity contribution in [1.29, 1.82) is 0 Å². The van der Waals surface area contributed by atoms with Gasteiger partial charge in [-0.15, -0.1) is 0 Å². The zero-order valence-corrected chi connectivity index (χ0v) is 28.8. The van der Waals surface area contributed by atoms with E-state index in [4.69, 9.17) is 0 Å². The molecule has 0 N–H and O–H groups in total. The number of hydrogen-bond donors (Lipinski definition) is 0. The largest absolute Gasteiger partial charge is 0.0654 e. The molecule has 0 fully saturated rings. The van der Waals surface area contributed by atoms with E-state index in [0.29, 0.717) is 0 Å². The first kappa shape index (κ1) is 36.6. The molecule has 0 aliphatic carbocycles. The molecule has 2 rings (SSSR count). The van der Waals surface area contributed by atoms with Gasteiger partial charge in [0.2, 0.25) is 0 Å². The van der Waals surface area contributed by atoms with Crippen LogP contribution in [0.15, 0.2) is 36.4 Å². The topological polar surface area (TPSA) is 0 Å². The van der Waals surface area contributed by atoms with Gasteiger partial charge in [-0.05, 0) is 71.9 Å². The van der Waals surface area contributed by atoms with E-state index in [9.17, 15) is 0 Å². The summed E-state index contributed by atoms with van der Waals surface area (Å²) in [4.78, 5) is 0. The van der Waals surface area contributed by atoms with Crippen molar-refractivity contribution < 1.29 is 0 Å². The first-order valence-electron chi connectivity index (χ1n) is 19.0. The van der Waals surface area contributed by atoms with Crippen molar-refractivity contribution in [2.45, 2.75) is 195 Å². The summed E-state index contributed by atoms with van der Waals surface area (Å²) in [5, 5.41) is 0. The van der Waals surface area contributed by atoms with E-state index in [0.717, 1.165) is 0 Å². The van der Waals surface area contributed by atoms with E-state index in [1.54, 1.807) is 16.7 Å². The van der Waals surface area contributed by atoms with Crippen molar-refractivity contribution in [2.24, 2.45) is 0 Å². The maximum absolute atomic E-state index is 2.54. The Balaban J connectivity index is 2.02. The molecule has 0 unspecified atom stereocenters. The van der Waals surface area contributed by atoms with Crippen molar-refractivity contribution in [1.82, 2.24) is 0 Å². The van der Waals surface area contributed by atoms with E-state index >= 15 is 0 Å². The summed E-state index contributed by atoms with van der Waals surface area (Å²) in [6.45, 7) is 9.26. The van der Waals surface area contributed by atoms with Crippen molar-refractivity contribution >= 4 is 0 Å². The molecule has 0 heteroatoms. The number of aryl methyl sites for hydroxylation is 4. The van der Waals surface area contributed by atoms with Crippen LogP contribution >= 0.6 is 0 Å². The van der Waals surface area contributed by atoms with E-state index < -0.39 is 0 Å². The molecule has 0 aliphatic heterocycles. The molecule has 0 saturated carbocycles. The molecule has 0 aliphatic rings. The number of benzene rings is 2. The predicted octanol–water partition coefficient (Wildman–Crippen LogP) is 14.2. The highest BCUT2D eigenvalue weighted by Gasteiger charge is 2.13. The summed E-state index contributed by atoms with van der Waals surface area (Å²) >= 11 is 0. The van der Waals surface area contributed by atoms with Crippen LogP contribution in [0.4, 0.5) is 0 Å². The van der Waals surface area contributed by atoms with Crippen LogP contribution in [0, 0.1) is 0 Å². The van der Waals surface area contributed by atoms with E-state index in [1.807, 2.05) is 0 Å². The van der Waals surface area contributed by atoms with E-state index in [-0.39, 0.29) is 0 Å². The molecular weight excluding hydrogens is 504 g/mol. The van der Waals surface area contributed by atoms with Gasteiger partial charge >= 0.3 is 0 Å². The molecule has 0 spiro atoms. The van der Waals surface area contributed by atoms with E-state index in [2.05, 4.69) is 64.1 Å². The van der Waals surface area contributed by atoms with Gasteiger partial charge in [0.15, 0.2) is 0 Å². The lowest BCUT2D eigenvalue weighted by Crippen LogP contribution is -2.00. The fraction of sp³-hybridized carbons (Fsp3) is 0.714. The quantitative estimate of drug-likeness (QED) is 0.0931. The standard InChI is InChI=1S/C42H70/c1-5-9-11-13-15-17-19-21-23-25-30-39-32-27-33-40(31-26-24-22-20-18-16-14-12-10-6-2)42(39)41-35-37(28-7-3)34-38(36-41)29-8-4/h27,32-36H,5-26,28-31H2,1-4H3. The molecule has 0 saturated heterocycles. The lowest BCUT2D eigenvalue weighted by Gasteiger charge is -2.18. The first-order chi connectivity index (χ1) is 20.7. The van der Waals surface area contributed by atoms with Gasteiger partial charge < -0.3 is 0 Å². The Kier molecular flexibility index (Phi) is 21.7. The molecule has 0 amide bonds. The number of unbranched alkanes of at least 4 members (excludes halogenated alkanes) is 18. The minimum absolute atomic E-state index is 1.19. The molecule has 42 heavy (non-hydrogen) atoms. The molecule has 0 aromatic heterocycles. The van der Waals surface area contributed by atoms with Crippen LogP contribution in [-0.2, 0) is 25.7 Å². The van der Waals surface area contributed by atoms with Crippen LogP contribution in [0.5, 0.6) is 0 Å². The number of hydrogen-bond acceptors (Lipinski definition) is 0. The van der Waals surface area contributed by atoms with Crippen LogP contribution in [0.3, 0.4) is 0 Å². The summed E-state index contributed by atoms with van der Waals surface area (Å²) in [5.41, 5.74) is 9.40. The Morgan fingerprint density at radius 1 is 0.357 bits per heavy atom. The third kappa shape index (κ3) is 15.8. The molecule has 238 valence electrons. The molecular formula is C42H70. The lowest BCUT2D eigenvalue weighted by atomic mass is 9.87. The smallest absolute Gasteiger partial charge is 0.0120 e. The fourth-order valence-electron chi connectivity index (χ4n) is 6.82. The minimum atomic E-state index is 1.19. The lowest BCUT2D eigenvalue weighted by molar-refractivity contribution is 0.555. The average Bonchev–Trinajstić information content (AvgIpc) is 2.99. The maximum atomic E-state index is 2.54. The summed E-state index contributed by atoms with van der Waals surface area (Å²) in [7, 11) is 0. The normalized spacial score (nSPS) is 11.4. The Hall–Kier alpha value is -1.56. The van der Waals surface area contributed by atoms with Crippen LogP contribution in [0.1, 0.15) is 191 Å². The number of rotatable bonds is 27. The van der Waals surface area contributed by atoms with Crippen molar-refractivity contribution in [3.05, 3.63) is 58.7 Å². The third-order valence-corrected chi connectivity index (χ3v) is 9.25. The van der Waals surface area contributed by atoms with Gasteiger partial charge in [0.1, 0.15) is 0 Å². The van der Waals surface area contributed by atoms with Gasteiger partial charge in [0.05, 0.1) is 0 Å².